The fourth-order valence-corrected chi connectivity index (χ4v) is 5.39. The lowest BCUT2D eigenvalue weighted by Gasteiger charge is -2.26. The number of fused-ring (bicyclic) bond motifs is 1. The first-order chi connectivity index (χ1) is 19.1. The van der Waals surface area contributed by atoms with Crippen LogP contribution in [0.15, 0.2) is 47.7 Å². The second-order valence-electron chi connectivity index (χ2n) is 10.7. The molecule has 1 aliphatic heterocycles. The standard InChI is InChI=1S/C31H35N5O4/c1-18(2)36-17-20(4)28-25(29(37)33-16-26-19(3)10-21(5)34-30(26)38)12-22(13-27(28)36)23-11-24(15-32-14-23)31(39)35-6-8-40-9-7-35/h10-15,17-18H,6-9,16H2,1-5H3,(H,33,37)(H,34,38). The first kappa shape index (κ1) is 27.3. The highest BCUT2D eigenvalue weighted by molar-refractivity contribution is 6.09. The largest absolute Gasteiger partial charge is 0.378 e. The average Bonchev–Trinajstić information content (AvgIpc) is 3.28. The molecule has 5 rings (SSSR count). The quantitative estimate of drug-likeness (QED) is 0.378. The summed E-state index contributed by atoms with van der Waals surface area (Å²) >= 11 is 0. The fraction of sp³-hybridized carbons (Fsp3) is 0.355. The van der Waals surface area contributed by atoms with E-state index in [2.05, 4.69) is 39.9 Å². The topological polar surface area (TPSA) is 109 Å². The number of benzene rings is 1. The molecule has 1 aromatic carbocycles. The van der Waals surface area contributed by atoms with Gasteiger partial charge >= 0.3 is 0 Å². The third-order valence-electron chi connectivity index (χ3n) is 7.46. The molecule has 0 radical (unpaired) electrons. The Morgan fingerprint density at radius 3 is 2.48 bits per heavy atom. The average molecular weight is 542 g/mol. The molecule has 9 heteroatoms. The van der Waals surface area contributed by atoms with Crippen LogP contribution in [0.4, 0.5) is 0 Å². The maximum Gasteiger partial charge on any atom is 0.255 e. The molecule has 1 fully saturated rings. The lowest BCUT2D eigenvalue weighted by Crippen LogP contribution is -2.40. The summed E-state index contributed by atoms with van der Waals surface area (Å²) in [4.78, 5) is 48.3. The number of rotatable bonds is 6. The van der Waals surface area contributed by atoms with Crippen molar-refractivity contribution in [1.29, 1.82) is 0 Å². The number of morpholine rings is 1. The zero-order valence-electron chi connectivity index (χ0n) is 23.6. The SMILES string of the molecule is Cc1cc(C)c(CNC(=O)c2cc(-c3cncc(C(=O)N4CCOCC4)c3)cc3c2c(C)cn3C(C)C)c(=O)[nH]1. The summed E-state index contributed by atoms with van der Waals surface area (Å²) in [5, 5.41) is 3.83. The van der Waals surface area contributed by atoms with E-state index in [1.807, 2.05) is 45.0 Å². The minimum absolute atomic E-state index is 0.0863. The summed E-state index contributed by atoms with van der Waals surface area (Å²) < 4.78 is 7.53. The number of nitrogens with one attached hydrogen (secondary N) is 2. The van der Waals surface area contributed by atoms with Crippen molar-refractivity contribution in [1.82, 2.24) is 24.8 Å². The zero-order chi connectivity index (χ0) is 28.6. The maximum atomic E-state index is 13.7. The van der Waals surface area contributed by atoms with Gasteiger partial charge in [0.15, 0.2) is 0 Å². The number of aromatic amines is 1. The van der Waals surface area contributed by atoms with E-state index in [-0.39, 0.29) is 30.0 Å². The molecule has 208 valence electrons. The molecule has 0 atom stereocenters. The number of aryl methyl sites for hydroxylation is 3. The van der Waals surface area contributed by atoms with E-state index in [1.165, 1.54) is 0 Å². The van der Waals surface area contributed by atoms with Crippen molar-refractivity contribution in [2.24, 2.45) is 0 Å². The van der Waals surface area contributed by atoms with Crippen molar-refractivity contribution < 1.29 is 14.3 Å². The molecule has 2 amide bonds. The summed E-state index contributed by atoms with van der Waals surface area (Å²) in [5.74, 6) is -0.360. The van der Waals surface area contributed by atoms with E-state index in [4.69, 9.17) is 4.74 Å². The minimum Gasteiger partial charge on any atom is -0.378 e. The van der Waals surface area contributed by atoms with Crippen LogP contribution in [0.1, 0.15) is 63.0 Å². The van der Waals surface area contributed by atoms with Gasteiger partial charge < -0.3 is 24.5 Å². The number of pyridine rings is 2. The van der Waals surface area contributed by atoms with Crippen molar-refractivity contribution in [2.75, 3.05) is 26.3 Å². The molecule has 0 unspecified atom stereocenters. The van der Waals surface area contributed by atoms with Gasteiger partial charge in [0, 0.05) is 77.6 Å². The van der Waals surface area contributed by atoms with Gasteiger partial charge in [0.2, 0.25) is 0 Å². The Hall–Kier alpha value is -4.24. The van der Waals surface area contributed by atoms with Crippen LogP contribution in [0, 0.1) is 20.8 Å². The number of H-pyrrole nitrogens is 1. The summed E-state index contributed by atoms with van der Waals surface area (Å²) in [7, 11) is 0. The maximum absolute atomic E-state index is 13.7. The Kier molecular flexibility index (Phi) is 7.58. The number of aromatic nitrogens is 3. The number of carbonyl (C=O) groups is 2. The number of hydrogen-bond acceptors (Lipinski definition) is 5. The van der Waals surface area contributed by atoms with Crippen molar-refractivity contribution in [2.45, 2.75) is 47.2 Å². The van der Waals surface area contributed by atoms with Crippen LogP contribution in [-0.2, 0) is 11.3 Å². The van der Waals surface area contributed by atoms with Gasteiger partial charge in [0.1, 0.15) is 0 Å². The van der Waals surface area contributed by atoms with Crippen LogP contribution in [0.3, 0.4) is 0 Å². The van der Waals surface area contributed by atoms with Gasteiger partial charge in [-0.3, -0.25) is 19.4 Å². The van der Waals surface area contributed by atoms with Crippen molar-refractivity contribution in [3.63, 3.8) is 0 Å². The Morgan fingerprint density at radius 2 is 1.77 bits per heavy atom. The molecule has 0 bridgehead atoms. The highest BCUT2D eigenvalue weighted by atomic mass is 16.5. The van der Waals surface area contributed by atoms with Crippen molar-refractivity contribution in [3.8, 4) is 11.1 Å². The lowest BCUT2D eigenvalue weighted by atomic mass is 9.98. The molecular weight excluding hydrogens is 506 g/mol. The number of hydrogen-bond donors (Lipinski definition) is 2. The predicted octanol–water partition coefficient (Wildman–Crippen LogP) is 4.30. The molecule has 40 heavy (non-hydrogen) atoms. The number of amides is 2. The Bertz CT molecular complexity index is 1660. The molecule has 4 heterocycles. The summed E-state index contributed by atoms with van der Waals surface area (Å²) in [6.07, 6.45) is 5.35. The minimum atomic E-state index is -0.274. The molecule has 3 aromatic heterocycles. The van der Waals surface area contributed by atoms with Crippen LogP contribution in [0.25, 0.3) is 22.0 Å². The summed E-state index contributed by atoms with van der Waals surface area (Å²) in [5.41, 5.74) is 6.37. The zero-order valence-corrected chi connectivity index (χ0v) is 23.6. The van der Waals surface area contributed by atoms with Crippen LogP contribution in [0.2, 0.25) is 0 Å². The third-order valence-corrected chi connectivity index (χ3v) is 7.46. The van der Waals surface area contributed by atoms with Crippen molar-refractivity contribution in [3.05, 3.63) is 86.7 Å². The molecular formula is C31H35N5O4. The molecule has 0 aliphatic carbocycles. The second-order valence-corrected chi connectivity index (χ2v) is 10.7. The smallest absolute Gasteiger partial charge is 0.255 e. The van der Waals surface area contributed by atoms with Crippen LogP contribution < -0.4 is 10.9 Å². The molecule has 9 nitrogen and oxygen atoms in total. The highest BCUT2D eigenvalue weighted by Crippen LogP contribution is 2.33. The third kappa shape index (κ3) is 5.29. The molecule has 4 aromatic rings. The normalized spacial score (nSPS) is 13.7. The first-order valence-electron chi connectivity index (χ1n) is 13.6. The Labute approximate surface area is 233 Å². The lowest BCUT2D eigenvalue weighted by molar-refractivity contribution is 0.0302. The van der Waals surface area contributed by atoms with Gasteiger partial charge in [0.05, 0.1) is 18.8 Å². The Balaban J connectivity index is 1.55. The summed E-state index contributed by atoms with van der Waals surface area (Å²) in [6.45, 7) is 12.1. The monoisotopic (exact) mass is 541 g/mol. The van der Waals surface area contributed by atoms with Gasteiger partial charge in [-0.2, -0.15) is 0 Å². The number of nitrogens with zero attached hydrogens (tertiary/aromatic N) is 3. The fourth-order valence-electron chi connectivity index (χ4n) is 5.39. The Morgan fingerprint density at radius 1 is 1.02 bits per heavy atom. The van der Waals surface area contributed by atoms with E-state index in [9.17, 15) is 14.4 Å². The highest BCUT2D eigenvalue weighted by Gasteiger charge is 2.22. The van der Waals surface area contributed by atoms with Crippen LogP contribution >= 0.6 is 0 Å². The number of ether oxygens (including phenoxy) is 1. The van der Waals surface area contributed by atoms with Gasteiger partial charge in [-0.05, 0) is 75.6 Å². The molecule has 0 saturated carbocycles. The van der Waals surface area contributed by atoms with E-state index < -0.39 is 0 Å². The van der Waals surface area contributed by atoms with E-state index in [0.29, 0.717) is 43.0 Å². The van der Waals surface area contributed by atoms with E-state index >= 15 is 0 Å². The predicted molar refractivity (Wildman–Crippen MR) is 155 cm³/mol. The summed E-state index contributed by atoms with van der Waals surface area (Å²) in [6, 6.07) is 7.80. The number of carbonyl (C=O) groups excluding carboxylic acids is 2. The molecule has 1 aliphatic rings. The first-order valence-corrected chi connectivity index (χ1v) is 13.6. The van der Waals surface area contributed by atoms with E-state index in [1.54, 1.807) is 17.3 Å². The molecule has 0 spiro atoms. The second kappa shape index (κ2) is 11.1. The van der Waals surface area contributed by atoms with Gasteiger partial charge in [-0.15, -0.1) is 0 Å². The van der Waals surface area contributed by atoms with Crippen LogP contribution in [-0.4, -0.2) is 57.6 Å². The molecule has 2 N–H and O–H groups in total. The van der Waals surface area contributed by atoms with Crippen molar-refractivity contribution >= 4 is 22.7 Å². The van der Waals surface area contributed by atoms with Crippen LogP contribution in [0.5, 0.6) is 0 Å². The van der Waals surface area contributed by atoms with Gasteiger partial charge in [0.25, 0.3) is 17.4 Å². The van der Waals surface area contributed by atoms with E-state index in [0.717, 1.165) is 38.9 Å². The molecule has 1 saturated heterocycles. The van der Waals surface area contributed by atoms with Gasteiger partial charge in [-0.1, -0.05) is 0 Å². The van der Waals surface area contributed by atoms with Gasteiger partial charge in [-0.25, -0.2) is 0 Å².